The predicted molar refractivity (Wildman–Crippen MR) is 93.9 cm³/mol. The molecular formula is C19H24N2O2. The van der Waals surface area contributed by atoms with Gasteiger partial charge in [-0.15, -0.1) is 0 Å². The van der Waals surface area contributed by atoms with Crippen molar-refractivity contribution in [3.05, 3.63) is 60.2 Å². The molecular weight excluding hydrogens is 288 g/mol. The van der Waals surface area contributed by atoms with Gasteiger partial charge in [-0.1, -0.05) is 30.3 Å². The monoisotopic (exact) mass is 312 g/mol. The van der Waals surface area contributed by atoms with E-state index in [1.165, 1.54) is 5.56 Å². The predicted octanol–water partition coefficient (Wildman–Crippen LogP) is 3.33. The van der Waals surface area contributed by atoms with Crippen molar-refractivity contribution < 1.29 is 9.53 Å². The Hall–Kier alpha value is -2.33. The lowest BCUT2D eigenvalue weighted by Crippen LogP contribution is -2.28. The number of nitrogens with one attached hydrogen (secondary N) is 1. The van der Waals surface area contributed by atoms with Crippen LogP contribution < -0.4 is 10.1 Å². The lowest BCUT2D eigenvalue weighted by Gasteiger charge is -2.17. The highest BCUT2D eigenvalue weighted by Crippen LogP contribution is 2.12. The van der Waals surface area contributed by atoms with Crippen LogP contribution in [0.1, 0.15) is 12.0 Å². The standard InChI is InChI=1S/C19H24N2O2/c1-16-7-6-10-18(15-16)23-14-13-21(2)12-11-19(22)20-17-8-4-3-5-9-17/h3-10,15H,11-14H2,1-2H3,(H,20,22). The van der Waals surface area contributed by atoms with E-state index in [2.05, 4.69) is 10.2 Å². The molecule has 0 fully saturated rings. The van der Waals surface area contributed by atoms with E-state index >= 15 is 0 Å². The number of para-hydroxylation sites is 1. The van der Waals surface area contributed by atoms with Crippen LogP contribution in [0.5, 0.6) is 5.75 Å². The third-order valence-corrected chi connectivity index (χ3v) is 3.51. The Balaban J connectivity index is 1.63. The average molecular weight is 312 g/mol. The molecule has 0 bridgehead atoms. The third-order valence-electron chi connectivity index (χ3n) is 3.51. The number of nitrogens with zero attached hydrogens (tertiary/aromatic N) is 1. The van der Waals surface area contributed by atoms with Gasteiger partial charge in [0.05, 0.1) is 0 Å². The van der Waals surface area contributed by atoms with Gasteiger partial charge in [-0.2, -0.15) is 0 Å². The van der Waals surface area contributed by atoms with E-state index in [-0.39, 0.29) is 5.91 Å². The van der Waals surface area contributed by atoms with Gasteiger partial charge in [0.25, 0.3) is 0 Å². The van der Waals surface area contributed by atoms with Crippen LogP contribution >= 0.6 is 0 Å². The number of benzene rings is 2. The Morgan fingerprint density at radius 1 is 1.09 bits per heavy atom. The largest absolute Gasteiger partial charge is 0.492 e. The summed E-state index contributed by atoms with van der Waals surface area (Å²) in [4.78, 5) is 14.0. The minimum atomic E-state index is 0.0302. The molecule has 2 aromatic rings. The van der Waals surface area contributed by atoms with Gasteiger partial charge in [-0.3, -0.25) is 4.79 Å². The Kier molecular flexibility index (Phi) is 6.63. The van der Waals surface area contributed by atoms with Crippen molar-refractivity contribution in [2.45, 2.75) is 13.3 Å². The normalized spacial score (nSPS) is 10.6. The van der Waals surface area contributed by atoms with Crippen molar-refractivity contribution in [2.75, 3.05) is 32.1 Å². The Morgan fingerprint density at radius 3 is 2.61 bits per heavy atom. The van der Waals surface area contributed by atoms with E-state index in [4.69, 9.17) is 4.74 Å². The number of anilines is 1. The Bertz CT molecular complexity index is 614. The molecule has 0 heterocycles. The SMILES string of the molecule is Cc1cccc(OCCN(C)CCC(=O)Nc2ccccc2)c1. The molecule has 0 aliphatic rings. The molecule has 0 spiro atoms. The Labute approximate surface area is 138 Å². The highest BCUT2D eigenvalue weighted by Gasteiger charge is 2.05. The van der Waals surface area contributed by atoms with Crippen LogP contribution in [-0.2, 0) is 4.79 Å². The molecule has 2 rings (SSSR count). The summed E-state index contributed by atoms with van der Waals surface area (Å²) in [5, 5.41) is 2.89. The van der Waals surface area contributed by atoms with Crippen LogP contribution in [0, 0.1) is 6.92 Å². The summed E-state index contributed by atoms with van der Waals surface area (Å²) in [5.74, 6) is 0.919. The quantitative estimate of drug-likeness (QED) is 0.813. The lowest BCUT2D eigenvalue weighted by atomic mass is 10.2. The highest BCUT2D eigenvalue weighted by molar-refractivity contribution is 5.90. The van der Waals surface area contributed by atoms with E-state index in [1.807, 2.05) is 68.6 Å². The van der Waals surface area contributed by atoms with Crippen LogP contribution in [0.4, 0.5) is 5.69 Å². The maximum Gasteiger partial charge on any atom is 0.225 e. The molecule has 0 aliphatic heterocycles. The van der Waals surface area contributed by atoms with E-state index < -0.39 is 0 Å². The number of ether oxygens (including phenoxy) is 1. The van der Waals surface area contributed by atoms with Crippen molar-refractivity contribution in [2.24, 2.45) is 0 Å². The maximum atomic E-state index is 11.9. The number of hydrogen-bond donors (Lipinski definition) is 1. The van der Waals surface area contributed by atoms with Crippen molar-refractivity contribution in [1.82, 2.24) is 4.90 Å². The summed E-state index contributed by atoms with van der Waals surface area (Å²) in [6.07, 6.45) is 0.468. The second kappa shape index (κ2) is 8.96. The smallest absolute Gasteiger partial charge is 0.225 e. The molecule has 1 amide bonds. The molecule has 2 aromatic carbocycles. The molecule has 4 nitrogen and oxygen atoms in total. The molecule has 0 aliphatic carbocycles. The minimum absolute atomic E-state index is 0.0302. The topological polar surface area (TPSA) is 41.6 Å². The molecule has 0 saturated carbocycles. The lowest BCUT2D eigenvalue weighted by molar-refractivity contribution is -0.116. The first-order valence-corrected chi connectivity index (χ1v) is 7.86. The van der Waals surface area contributed by atoms with Gasteiger partial charge < -0.3 is 15.0 Å². The number of rotatable bonds is 8. The number of amides is 1. The molecule has 0 aromatic heterocycles. The van der Waals surface area contributed by atoms with Crippen LogP contribution in [0.2, 0.25) is 0 Å². The highest BCUT2D eigenvalue weighted by atomic mass is 16.5. The molecule has 23 heavy (non-hydrogen) atoms. The van der Waals surface area contributed by atoms with Crippen molar-refractivity contribution >= 4 is 11.6 Å². The summed E-state index contributed by atoms with van der Waals surface area (Å²) in [6, 6.07) is 17.5. The Morgan fingerprint density at radius 2 is 1.87 bits per heavy atom. The summed E-state index contributed by atoms with van der Waals surface area (Å²) in [6.45, 7) is 4.15. The van der Waals surface area contributed by atoms with Crippen molar-refractivity contribution in [1.29, 1.82) is 0 Å². The fraction of sp³-hybridized carbons (Fsp3) is 0.316. The second-order valence-electron chi connectivity index (χ2n) is 5.63. The van der Waals surface area contributed by atoms with Crippen molar-refractivity contribution in [3.8, 4) is 5.75 Å². The minimum Gasteiger partial charge on any atom is -0.492 e. The molecule has 0 atom stereocenters. The molecule has 1 N–H and O–H groups in total. The zero-order valence-corrected chi connectivity index (χ0v) is 13.8. The number of hydrogen-bond acceptors (Lipinski definition) is 3. The van der Waals surface area contributed by atoms with Gasteiger partial charge in [0.2, 0.25) is 5.91 Å². The molecule has 0 unspecified atom stereocenters. The van der Waals surface area contributed by atoms with Gasteiger partial charge in [0.15, 0.2) is 0 Å². The molecule has 0 saturated heterocycles. The van der Waals surface area contributed by atoms with Gasteiger partial charge in [-0.05, 0) is 43.8 Å². The summed E-state index contributed by atoms with van der Waals surface area (Å²) >= 11 is 0. The van der Waals surface area contributed by atoms with E-state index in [1.54, 1.807) is 0 Å². The number of aryl methyl sites for hydroxylation is 1. The summed E-state index contributed by atoms with van der Waals surface area (Å²) < 4.78 is 5.72. The fourth-order valence-electron chi connectivity index (χ4n) is 2.17. The van der Waals surface area contributed by atoms with Gasteiger partial charge in [-0.25, -0.2) is 0 Å². The van der Waals surface area contributed by atoms with Crippen LogP contribution in [0.15, 0.2) is 54.6 Å². The van der Waals surface area contributed by atoms with Crippen LogP contribution in [-0.4, -0.2) is 37.6 Å². The first-order valence-electron chi connectivity index (χ1n) is 7.86. The maximum absolute atomic E-state index is 11.9. The number of likely N-dealkylation sites (N-methyl/N-ethyl adjacent to an activating group) is 1. The molecule has 122 valence electrons. The summed E-state index contributed by atoms with van der Waals surface area (Å²) in [7, 11) is 2.00. The number of carbonyl (C=O) groups excluding carboxylic acids is 1. The number of carbonyl (C=O) groups is 1. The van der Waals surface area contributed by atoms with Crippen molar-refractivity contribution in [3.63, 3.8) is 0 Å². The second-order valence-corrected chi connectivity index (χ2v) is 5.63. The third kappa shape index (κ3) is 6.53. The molecule has 4 heteroatoms. The zero-order chi connectivity index (χ0) is 16.5. The van der Waals surface area contributed by atoms with E-state index in [0.29, 0.717) is 19.6 Å². The first-order chi connectivity index (χ1) is 11.1. The van der Waals surface area contributed by atoms with Gasteiger partial charge >= 0.3 is 0 Å². The fourth-order valence-corrected chi connectivity index (χ4v) is 2.17. The zero-order valence-electron chi connectivity index (χ0n) is 13.8. The van der Waals surface area contributed by atoms with E-state index in [0.717, 1.165) is 18.0 Å². The van der Waals surface area contributed by atoms with E-state index in [9.17, 15) is 4.79 Å². The average Bonchev–Trinajstić information content (AvgIpc) is 2.54. The van der Waals surface area contributed by atoms with Crippen LogP contribution in [0.25, 0.3) is 0 Å². The van der Waals surface area contributed by atoms with Gasteiger partial charge in [0, 0.05) is 25.2 Å². The first kappa shape index (κ1) is 17.0. The van der Waals surface area contributed by atoms with Gasteiger partial charge in [0.1, 0.15) is 12.4 Å². The van der Waals surface area contributed by atoms with Crippen LogP contribution in [0.3, 0.4) is 0 Å². The molecule has 0 radical (unpaired) electrons. The summed E-state index contributed by atoms with van der Waals surface area (Å²) in [5.41, 5.74) is 2.02.